The summed E-state index contributed by atoms with van der Waals surface area (Å²) in [5.74, 6) is 0. The number of nitrogens with one attached hydrogen (secondary N) is 1. The molecule has 4 heteroatoms. The molecule has 1 aliphatic rings. The third kappa shape index (κ3) is 2.43. The van der Waals surface area contributed by atoms with Gasteiger partial charge in [0.1, 0.15) is 6.04 Å². The van der Waals surface area contributed by atoms with Gasteiger partial charge in [0, 0.05) is 35.9 Å². The van der Waals surface area contributed by atoms with E-state index in [1.165, 1.54) is 9.75 Å². The number of thiophene rings is 1. The Morgan fingerprint density at radius 3 is 2.81 bits per heavy atom. The van der Waals surface area contributed by atoms with E-state index in [0.717, 1.165) is 32.6 Å². The van der Waals surface area contributed by atoms with Gasteiger partial charge in [0.2, 0.25) is 0 Å². The second-order valence-corrected chi connectivity index (χ2v) is 5.18. The predicted molar refractivity (Wildman–Crippen MR) is 66.5 cm³/mol. The maximum atomic E-state index is 9.31. The second kappa shape index (κ2) is 5.44. The van der Waals surface area contributed by atoms with E-state index in [0.29, 0.717) is 0 Å². The Hall–Kier alpha value is -0.890. The minimum absolute atomic E-state index is 0.0487. The molecule has 1 fully saturated rings. The van der Waals surface area contributed by atoms with E-state index in [2.05, 4.69) is 35.3 Å². The van der Waals surface area contributed by atoms with Gasteiger partial charge in [-0.2, -0.15) is 5.26 Å². The molecule has 1 atom stereocenters. The van der Waals surface area contributed by atoms with E-state index in [9.17, 15) is 5.26 Å². The zero-order chi connectivity index (χ0) is 11.4. The van der Waals surface area contributed by atoms with Gasteiger partial charge in [-0.25, -0.2) is 0 Å². The van der Waals surface area contributed by atoms with Gasteiger partial charge in [0.15, 0.2) is 0 Å². The number of hydrogen-bond acceptors (Lipinski definition) is 4. The zero-order valence-corrected chi connectivity index (χ0v) is 10.4. The molecule has 1 N–H and O–H groups in total. The van der Waals surface area contributed by atoms with Gasteiger partial charge in [0.05, 0.1) is 6.07 Å². The van der Waals surface area contributed by atoms with Crippen LogP contribution in [0.25, 0.3) is 0 Å². The summed E-state index contributed by atoms with van der Waals surface area (Å²) in [6.45, 7) is 6.07. The van der Waals surface area contributed by atoms with Crippen molar-refractivity contribution in [2.45, 2.75) is 19.4 Å². The Kier molecular flexibility index (Phi) is 3.94. The van der Waals surface area contributed by atoms with Crippen molar-refractivity contribution in [3.05, 3.63) is 21.9 Å². The Morgan fingerprint density at radius 2 is 2.25 bits per heavy atom. The first-order valence-electron chi connectivity index (χ1n) is 5.78. The number of aryl methyl sites for hydroxylation is 1. The first kappa shape index (κ1) is 11.6. The van der Waals surface area contributed by atoms with E-state index >= 15 is 0 Å². The lowest BCUT2D eigenvalue weighted by Crippen LogP contribution is -2.44. The molecule has 0 aliphatic carbocycles. The van der Waals surface area contributed by atoms with Crippen LogP contribution in [-0.2, 0) is 6.42 Å². The number of nitriles is 1. The van der Waals surface area contributed by atoms with Crippen LogP contribution in [0.15, 0.2) is 12.1 Å². The highest BCUT2D eigenvalue weighted by Crippen LogP contribution is 2.27. The smallest absolute Gasteiger partial charge is 0.133 e. The predicted octanol–water partition coefficient (Wildman–Crippen LogP) is 1.78. The standard InChI is InChI=1S/C12H17N3S/c1-2-10-3-4-12(16-10)11(9-13)15-7-5-14-6-8-15/h3-4,11,14H,2,5-8H2,1H3. The van der Waals surface area contributed by atoms with E-state index in [1.807, 2.05) is 0 Å². The molecular formula is C12H17N3S. The van der Waals surface area contributed by atoms with Crippen molar-refractivity contribution in [1.82, 2.24) is 10.2 Å². The van der Waals surface area contributed by atoms with Gasteiger partial charge in [-0.15, -0.1) is 11.3 Å². The van der Waals surface area contributed by atoms with Gasteiger partial charge in [-0.1, -0.05) is 6.92 Å². The highest BCUT2D eigenvalue weighted by molar-refractivity contribution is 7.12. The van der Waals surface area contributed by atoms with Gasteiger partial charge in [-0.05, 0) is 18.6 Å². The number of rotatable bonds is 3. The van der Waals surface area contributed by atoms with Crippen molar-refractivity contribution < 1.29 is 0 Å². The Morgan fingerprint density at radius 1 is 1.50 bits per heavy atom. The largest absolute Gasteiger partial charge is 0.314 e. The lowest BCUT2D eigenvalue weighted by atomic mass is 10.2. The summed E-state index contributed by atoms with van der Waals surface area (Å²) in [7, 11) is 0. The molecule has 1 unspecified atom stereocenters. The first-order chi connectivity index (χ1) is 7.85. The van der Waals surface area contributed by atoms with Crippen LogP contribution in [0.5, 0.6) is 0 Å². The minimum atomic E-state index is -0.0487. The highest BCUT2D eigenvalue weighted by Gasteiger charge is 2.22. The van der Waals surface area contributed by atoms with Gasteiger partial charge in [-0.3, -0.25) is 4.90 Å². The minimum Gasteiger partial charge on any atom is -0.314 e. The van der Waals surface area contributed by atoms with Gasteiger partial charge in [0.25, 0.3) is 0 Å². The molecule has 0 radical (unpaired) electrons. The molecular weight excluding hydrogens is 218 g/mol. The maximum Gasteiger partial charge on any atom is 0.133 e. The zero-order valence-electron chi connectivity index (χ0n) is 9.57. The van der Waals surface area contributed by atoms with Gasteiger partial charge < -0.3 is 5.32 Å². The fourth-order valence-electron chi connectivity index (χ4n) is 2.00. The van der Waals surface area contributed by atoms with E-state index < -0.39 is 0 Å². The van der Waals surface area contributed by atoms with Crippen molar-refractivity contribution in [2.24, 2.45) is 0 Å². The fraction of sp³-hybridized carbons (Fsp3) is 0.583. The van der Waals surface area contributed by atoms with Crippen LogP contribution < -0.4 is 5.32 Å². The molecule has 2 heterocycles. The molecule has 1 aromatic heterocycles. The van der Waals surface area contributed by atoms with E-state index in [-0.39, 0.29) is 6.04 Å². The average molecular weight is 235 g/mol. The monoisotopic (exact) mass is 235 g/mol. The summed E-state index contributed by atoms with van der Waals surface area (Å²) < 4.78 is 0. The van der Waals surface area contributed by atoms with Crippen molar-refractivity contribution in [2.75, 3.05) is 26.2 Å². The normalized spacial score (nSPS) is 19.2. The Labute approximate surface area is 101 Å². The second-order valence-electron chi connectivity index (χ2n) is 3.98. The van der Waals surface area contributed by atoms with Crippen molar-refractivity contribution >= 4 is 11.3 Å². The van der Waals surface area contributed by atoms with Crippen LogP contribution in [0.2, 0.25) is 0 Å². The maximum absolute atomic E-state index is 9.31. The summed E-state index contributed by atoms with van der Waals surface area (Å²) >= 11 is 1.77. The number of piperazine rings is 1. The Bertz CT molecular complexity index is 374. The third-order valence-electron chi connectivity index (χ3n) is 2.94. The third-order valence-corrected chi connectivity index (χ3v) is 4.22. The van der Waals surface area contributed by atoms with Crippen molar-refractivity contribution in [1.29, 1.82) is 5.26 Å². The summed E-state index contributed by atoms with van der Waals surface area (Å²) in [5.41, 5.74) is 0. The summed E-state index contributed by atoms with van der Waals surface area (Å²) in [6.07, 6.45) is 1.06. The molecule has 1 aromatic rings. The molecule has 2 rings (SSSR count). The van der Waals surface area contributed by atoms with Crippen LogP contribution in [0.1, 0.15) is 22.7 Å². The first-order valence-corrected chi connectivity index (χ1v) is 6.59. The van der Waals surface area contributed by atoms with Crippen LogP contribution in [0, 0.1) is 11.3 Å². The van der Waals surface area contributed by atoms with Gasteiger partial charge >= 0.3 is 0 Å². The van der Waals surface area contributed by atoms with Crippen LogP contribution in [0.3, 0.4) is 0 Å². The molecule has 0 spiro atoms. The van der Waals surface area contributed by atoms with Crippen LogP contribution >= 0.6 is 11.3 Å². The lowest BCUT2D eigenvalue weighted by Gasteiger charge is -2.30. The molecule has 1 saturated heterocycles. The lowest BCUT2D eigenvalue weighted by molar-refractivity contribution is 0.210. The molecule has 86 valence electrons. The topological polar surface area (TPSA) is 39.1 Å². The molecule has 3 nitrogen and oxygen atoms in total. The van der Waals surface area contributed by atoms with Crippen molar-refractivity contribution in [3.63, 3.8) is 0 Å². The molecule has 16 heavy (non-hydrogen) atoms. The van der Waals surface area contributed by atoms with E-state index in [1.54, 1.807) is 11.3 Å². The van der Waals surface area contributed by atoms with Crippen molar-refractivity contribution in [3.8, 4) is 6.07 Å². The molecule has 0 amide bonds. The number of nitrogens with zero attached hydrogens (tertiary/aromatic N) is 2. The van der Waals surface area contributed by atoms with E-state index in [4.69, 9.17) is 0 Å². The van der Waals surface area contributed by atoms with Crippen LogP contribution in [0.4, 0.5) is 0 Å². The molecule has 0 aromatic carbocycles. The van der Waals surface area contributed by atoms with Crippen LogP contribution in [-0.4, -0.2) is 31.1 Å². The highest BCUT2D eigenvalue weighted by atomic mass is 32.1. The average Bonchev–Trinajstić information content (AvgIpc) is 2.80. The Balaban J connectivity index is 2.12. The quantitative estimate of drug-likeness (QED) is 0.868. The molecule has 0 bridgehead atoms. The SMILES string of the molecule is CCc1ccc(C(C#N)N2CCNCC2)s1. The summed E-state index contributed by atoms with van der Waals surface area (Å²) in [4.78, 5) is 4.83. The molecule has 1 aliphatic heterocycles. The molecule has 0 saturated carbocycles. The summed E-state index contributed by atoms with van der Waals surface area (Å²) in [6, 6.07) is 6.64. The fourth-order valence-corrected chi connectivity index (χ4v) is 3.03. The number of hydrogen-bond donors (Lipinski definition) is 1. The summed E-state index contributed by atoms with van der Waals surface area (Å²) in [5, 5.41) is 12.6.